The van der Waals surface area contributed by atoms with E-state index in [1.54, 1.807) is 7.11 Å². The maximum Gasteiger partial charge on any atom is 0.254 e. The number of amides is 1. The minimum absolute atomic E-state index is 0.0214. The summed E-state index contributed by atoms with van der Waals surface area (Å²) in [6, 6.07) is 9.34. The van der Waals surface area contributed by atoms with Gasteiger partial charge in [-0.15, -0.1) is 0 Å². The molecule has 0 spiro atoms. The second-order valence-electron chi connectivity index (χ2n) is 6.95. The second-order valence-corrected chi connectivity index (χ2v) is 6.95. The first-order valence-corrected chi connectivity index (χ1v) is 9.28. The summed E-state index contributed by atoms with van der Waals surface area (Å²) in [5, 5.41) is 3.97. The van der Waals surface area contributed by atoms with Crippen molar-refractivity contribution in [3.05, 3.63) is 59.4 Å². The molecule has 7 heteroatoms. The number of benzene rings is 1. The van der Waals surface area contributed by atoms with E-state index in [0.717, 1.165) is 41.1 Å². The zero-order chi connectivity index (χ0) is 19.7. The lowest BCUT2D eigenvalue weighted by Gasteiger charge is -2.23. The van der Waals surface area contributed by atoms with Crippen LogP contribution in [0.5, 0.6) is 5.88 Å². The van der Waals surface area contributed by atoms with Crippen LogP contribution in [0.4, 0.5) is 0 Å². The van der Waals surface area contributed by atoms with Crippen molar-refractivity contribution in [1.29, 1.82) is 0 Å². The molecule has 1 saturated heterocycles. The van der Waals surface area contributed by atoms with Gasteiger partial charge in [-0.2, -0.15) is 0 Å². The highest BCUT2D eigenvalue weighted by Crippen LogP contribution is 2.35. The van der Waals surface area contributed by atoms with Crippen LogP contribution in [0.3, 0.4) is 0 Å². The number of hydrogen-bond acceptors (Lipinski definition) is 6. The molecule has 1 amide bonds. The summed E-state index contributed by atoms with van der Waals surface area (Å²) in [6.07, 6.45) is 3.29. The van der Waals surface area contributed by atoms with E-state index in [1.807, 2.05) is 49.1 Å². The van der Waals surface area contributed by atoms with Gasteiger partial charge in [0.25, 0.3) is 5.91 Å². The van der Waals surface area contributed by atoms with Gasteiger partial charge in [-0.1, -0.05) is 17.3 Å². The summed E-state index contributed by atoms with van der Waals surface area (Å²) in [4.78, 5) is 23.6. The van der Waals surface area contributed by atoms with Crippen LogP contribution in [0.25, 0.3) is 11.1 Å². The molecule has 3 heterocycles. The molecule has 1 aromatic carbocycles. The standard InChI is InChI=1S/C21H22N4O3/c1-13-10-18(28-24-13)17-8-5-9-25(17)21(26)16-7-4-6-15(11-16)19-14(2)22-12-23-20(19)27-3/h4,6-7,10-12,17H,5,8-9H2,1-3H3/t17-/m1/s1. The predicted molar refractivity (Wildman–Crippen MR) is 103 cm³/mol. The Labute approximate surface area is 163 Å². The number of aromatic nitrogens is 3. The number of carbonyl (C=O) groups is 1. The Bertz CT molecular complexity index is 1010. The average molecular weight is 378 g/mol. The molecule has 1 aliphatic rings. The van der Waals surface area contributed by atoms with Crippen LogP contribution >= 0.6 is 0 Å². The Hall–Kier alpha value is -3.22. The number of ether oxygens (including phenoxy) is 1. The molecule has 0 unspecified atom stereocenters. The second kappa shape index (κ2) is 7.42. The summed E-state index contributed by atoms with van der Waals surface area (Å²) >= 11 is 0. The molecule has 0 radical (unpaired) electrons. The molecule has 0 bridgehead atoms. The number of rotatable bonds is 4. The third-order valence-electron chi connectivity index (χ3n) is 5.08. The van der Waals surface area contributed by atoms with Gasteiger partial charge in [0.05, 0.1) is 30.1 Å². The predicted octanol–water partition coefficient (Wildman–Crippen LogP) is 3.73. The van der Waals surface area contributed by atoms with Crippen molar-refractivity contribution >= 4 is 5.91 Å². The molecule has 28 heavy (non-hydrogen) atoms. The summed E-state index contributed by atoms with van der Waals surface area (Å²) in [5.41, 5.74) is 3.89. The van der Waals surface area contributed by atoms with Crippen LogP contribution < -0.4 is 4.74 Å². The fraction of sp³-hybridized carbons (Fsp3) is 0.333. The lowest BCUT2D eigenvalue weighted by molar-refractivity contribution is 0.0714. The number of likely N-dealkylation sites (tertiary alicyclic amines) is 1. The fourth-order valence-corrected chi connectivity index (χ4v) is 3.76. The maximum atomic E-state index is 13.3. The highest BCUT2D eigenvalue weighted by Gasteiger charge is 2.33. The molecular weight excluding hydrogens is 356 g/mol. The van der Waals surface area contributed by atoms with Crippen molar-refractivity contribution in [1.82, 2.24) is 20.0 Å². The molecule has 0 aliphatic carbocycles. The van der Waals surface area contributed by atoms with Gasteiger partial charge in [0.15, 0.2) is 5.76 Å². The van der Waals surface area contributed by atoms with Gasteiger partial charge in [-0.25, -0.2) is 9.97 Å². The van der Waals surface area contributed by atoms with Crippen LogP contribution in [0.15, 0.2) is 41.2 Å². The third-order valence-corrected chi connectivity index (χ3v) is 5.08. The Kier molecular flexibility index (Phi) is 4.81. The molecule has 144 valence electrons. The Morgan fingerprint density at radius 3 is 2.86 bits per heavy atom. The number of carbonyl (C=O) groups excluding carboxylic acids is 1. The highest BCUT2D eigenvalue weighted by atomic mass is 16.5. The lowest BCUT2D eigenvalue weighted by atomic mass is 10.0. The van der Waals surface area contributed by atoms with E-state index < -0.39 is 0 Å². The molecule has 1 fully saturated rings. The summed E-state index contributed by atoms with van der Waals surface area (Å²) in [7, 11) is 1.58. The van der Waals surface area contributed by atoms with Gasteiger partial charge in [0, 0.05) is 18.2 Å². The highest BCUT2D eigenvalue weighted by molar-refractivity contribution is 5.96. The number of hydrogen-bond donors (Lipinski definition) is 0. The molecule has 2 aromatic heterocycles. The normalized spacial score (nSPS) is 16.4. The topological polar surface area (TPSA) is 81.4 Å². The van der Waals surface area contributed by atoms with E-state index in [9.17, 15) is 4.79 Å². The Morgan fingerprint density at radius 2 is 2.11 bits per heavy atom. The minimum atomic E-state index is -0.0753. The maximum absolute atomic E-state index is 13.3. The van der Waals surface area contributed by atoms with Crippen molar-refractivity contribution in [3.63, 3.8) is 0 Å². The molecule has 3 aromatic rings. The van der Waals surface area contributed by atoms with Crippen LogP contribution in [0, 0.1) is 13.8 Å². The molecule has 0 N–H and O–H groups in total. The first-order chi connectivity index (χ1) is 13.6. The van der Waals surface area contributed by atoms with Gasteiger partial charge in [-0.3, -0.25) is 4.79 Å². The number of aryl methyl sites for hydroxylation is 2. The van der Waals surface area contributed by atoms with E-state index in [2.05, 4.69) is 15.1 Å². The van der Waals surface area contributed by atoms with Gasteiger partial charge in [-0.05, 0) is 44.4 Å². The molecular formula is C21H22N4O3. The zero-order valence-corrected chi connectivity index (χ0v) is 16.2. The van der Waals surface area contributed by atoms with E-state index in [1.165, 1.54) is 6.33 Å². The monoisotopic (exact) mass is 378 g/mol. The van der Waals surface area contributed by atoms with Crippen LogP contribution in [-0.2, 0) is 0 Å². The van der Waals surface area contributed by atoms with Gasteiger partial charge in [0.1, 0.15) is 6.33 Å². The first kappa shape index (κ1) is 18.2. The summed E-state index contributed by atoms with van der Waals surface area (Å²) in [6.45, 7) is 4.48. The van der Waals surface area contributed by atoms with Gasteiger partial charge in [0.2, 0.25) is 5.88 Å². The van der Waals surface area contributed by atoms with Crippen LogP contribution in [0.2, 0.25) is 0 Å². The van der Waals surface area contributed by atoms with Crippen molar-refractivity contribution in [2.24, 2.45) is 0 Å². The van der Waals surface area contributed by atoms with Crippen molar-refractivity contribution in [3.8, 4) is 17.0 Å². The first-order valence-electron chi connectivity index (χ1n) is 9.28. The van der Waals surface area contributed by atoms with Crippen molar-refractivity contribution in [2.75, 3.05) is 13.7 Å². The minimum Gasteiger partial charge on any atom is -0.480 e. The molecule has 7 nitrogen and oxygen atoms in total. The average Bonchev–Trinajstić information content (AvgIpc) is 3.36. The molecule has 4 rings (SSSR count). The molecule has 0 saturated carbocycles. The quantitative estimate of drug-likeness (QED) is 0.688. The smallest absolute Gasteiger partial charge is 0.254 e. The number of nitrogens with zero attached hydrogens (tertiary/aromatic N) is 4. The third kappa shape index (κ3) is 3.24. The van der Waals surface area contributed by atoms with E-state index in [-0.39, 0.29) is 11.9 Å². The molecule has 1 atom stereocenters. The Morgan fingerprint density at radius 1 is 1.25 bits per heavy atom. The van der Waals surface area contributed by atoms with Gasteiger partial charge < -0.3 is 14.2 Å². The summed E-state index contributed by atoms with van der Waals surface area (Å²) in [5.74, 6) is 1.22. The number of methoxy groups -OCH3 is 1. The Balaban J connectivity index is 1.67. The van der Waals surface area contributed by atoms with Crippen molar-refractivity contribution < 1.29 is 14.1 Å². The van der Waals surface area contributed by atoms with E-state index in [0.29, 0.717) is 18.0 Å². The van der Waals surface area contributed by atoms with Crippen LogP contribution in [0.1, 0.15) is 46.4 Å². The van der Waals surface area contributed by atoms with E-state index >= 15 is 0 Å². The largest absolute Gasteiger partial charge is 0.480 e. The zero-order valence-electron chi connectivity index (χ0n) is 16.2. The van der Waals surface area contributed by atoms with Crippen LogP contribution in [-0.4, -0.2) is 39.6 Å². The molecule has 1 aliphatic heterocycles. The summed E-state index contributed by atoms with van der Waals surface area (Å²) < 4.78 is 10.8. The van der Waals surface area contributed by atoms with E-state index in [4.69, 9.17) is 9.26 Å². The fourth-order valence-electron chi connectivity index (χ4n) is 3.76. The SMILES string of the molecule is COc1ncnc(C)c1-c1cccc(C(=O)N2CCC[C@@H]2c2cc(C)no2)c1. The van der Waals surface area contributed by atoms with Gasteiger partial charge >= 0.3 is 0 Å². The van der Waals surface area contributed by atoms with Crippen molar-refractivity contribution in [2.45, 2.75) is 32.7 Å². The lowest BCUT2D eigenvalue weighted by Crippen LogP contribution is -2.30.